The minimum Gasteiger partial charge on any atom is -0.493 e. The third kappa shape index (κ3) is 3.88. The molecule has 0 unspecified atom stereocenters. The Morgan fingerprint density at radius 1 is 1.10 bits per heavy atom. The number of methoxy groups -OCH3 is 3. The average Bonchev–Trinajstić information content (AvgIpc) is 2.75. The molecule has 7 nitrogen and oxygen atoms in total. The monoisotopic (exact) mass is 415 g/mol. The number of ketones is 1. The zero-order valence-corrected chi connectivity index (χ0v) is 18.2. The smallest absolute Gasteiger partial charge is 0.336 e. The molecule has 162 valence electrons. The summed E-state index contributed by atoms with van der Waals surface area (Å²) < 4.78 is 21.9. The summed E-state index contributed by atoms with van der Waals surface area (Å²) in [5, 5.41) is 3.29. The van der Waals surface area contributed by atoms with Gasteiger partial charge in [0.2, 0.25) is 5.75 Å². The lowest BCUT2D eigenvalue weighted by atomic mass is 9.75. The van der Waals surface area contributed by atoms with Crippen molar-refractivity contribution in [3.05, 3.63) is 40.2 Å². The summed E-state index contributed by atoms with van der Waals surface area (Å²) in [6.45, 7) is 4.10. The van der Waals surface area contributed by atoms with E-state index in [0.717, 1.165) is 24.1 Å². The highest BCUT2D eigenvalue weighted by Crippen LogP contribution is 2.47. The Bertz CT molecular complexity index is 889. The molecule has 0 saturated heterocycles. The van der Waals surface area contributed by atoms with Crippen molar-refractivity contribution < 1.29 is 28.5 Å². The topological polar surface area (TPSA) is 83.1 Å². The van der Waals surface area contributed by atoms with Gasteiger partial charge in [-0.1, -0.05) is 6.92 Å². The second-order valence-corrected chi connectivity index (χ2v) is 7.36. The number of carbonyl (C=O) groups is 2. The van der Waals surface area contributed by atoms with E-state index in [1.54, 1.807) is 12.1 Å². The summed E-state index contributed by atoms with van der Waals surface area (Å²) in [5.74, 6) is 0.440. The number of Topliss-reactive ketones (excluding diaryl/α,β-unsaturated/α-hetero) is 1. The van der Waals surface area contributed by atoms with E-state index in [-0.39, 0.29) is 5.78 Å². The van der Waals surface area contributed by atoms with Gasteiger partial charge in [-0.2, -0.15) is 0 Å². The van der Waals surface area contributed by atoms with Gasteiger partial charge in [-0.3, -0.25) is 4.79 Å². The largest absolute Gasteiger partial charge is 0.493 e. The van der Waals surface area contributed by atoms with Gasteiger partial charge in [0, 0.05) is 29.3 Å². The molecule has 1 aromatic rings. The summed E-state index contributed by atoms with van der Waals surface area (Å²) >= 11 is 0. The molecule has 1 aliphatic carbocycles. The molecule has 3 rings (SSSR count). The number of rotatable bonds is 7. The predicted molar refractivity (Wildman–Crippen MR) is 112 cm³/mol. The van der Waals surface area contributed by atoms with E-state index in [9.17, 15) is 9.59 Å². The fourth-order valence-corrected chi connectivity index (χ4v) is 4.13. The van der Waals surface area contributed by atoms with Crippen molar-refractivity contribution >= 4 is 11.8 Å². The van der Waals surface area contributed by atoms with E-state index >= 15 is 0 Å². The number of esters is 1. The second kappa shape index (κ2) is 9.24. The number of hydrogen-bond donors (Lipinski definition) is 1. The van der Waals surface area contributed by atoms with Crippen molar-refractivity contribution in [3.8, 4) is 17.2 Å². The van der Waals surface area contributed by atoms with Crippen LogP contribution in [-0.4, -0.2) is 39.7 Å². The molecule has 0 amide bonds. The minimum absolute atomic E-state index is 0.0378. The third-order valence-corrected chi connectivity index (χ3v) is 5.45. The van der Waals surface area contributed by atoms with Gasteiger partial charge in [-0.25, -0.2) is 4.79 Å². The van der Waals surface area contributed by atoms with Crippen LogP contribution < -0.4 is 19.5 Å². The van der Waals surface area contributed by atoms with Gasteiger partial charge >= 0.3 is 5.97 Å². The summed E-state index contributed by atoms with van der Waals surface area (Å²) in [4.78, 5) is 26.0. The molecule has 0 spiro atoms. The van der Waals surface area contributed by atoms with Gasteiger partial charge in [0.05, 0.1) is 33.5 Å². The van der Waals surface area contributed by atoms with Crippen LogP contribution >= 0.6 is 0 Å². The molecule has 30 heavy (non-hydrogen) atoms. The Labute approximate surface area is 177 Å². The number of benzene rings is 1. The summed E-state index contributed by atoms with van der Waals surface area (Å²) in [6.07, 6.45) is 2.72. The number of ether oxygens (including phenoxy) is 4. The van der Waals surface area contributed by atoms with Crippen LogP contribution in [0, 0.1) is 0 Å². The maximum Gasteiger partial charge on any atom is 0.336 e. The molecule has 0 saturated carbocycles. The highest BCUT2D eigenvalue weighted by atomic mass is 16.5. The minimum atomic E-state index is -0.563. The van der Waals surface area contributed by atoms with Crippen LogP contribution in [0.5, 0.6) is 17.2 Å². The maximum absolute atomic E-state index is 13.0. The first-order chi connectivity index (χ1) is 14.5. The van der Waals surface area contributed by atoms with Gasteiger partial charge in [0.25, 0.3) is 0 Å². The Hall–Kier alpha value is -2.96. The average molecular weight is 415 g/mol. The first kappa shape index (κ1) is 21.7. The highest BCUT2D eigenvalue weighted by Gasteiger charge is 2.39. The van der Waals surface area contributed by atoms with Gasteiger partial charge in [0.15, 0.2) is 17.3 Å². The zero-order valence-electron chi connectivity index (χ0n) is 18.2. The van der Waals surface area contributed by atoms with Crippen molar-refractivity contribution in [1.82, 2.24) is 5.32 Å². The zero-order chi connectivity index (χ0) is 21.8. The van der Waals surface area contributed by atoms with Crippen molar-refractivity contribution in [2.24, 2.45) is 0 Å². The molecule has 1 aliphatic heterocycles. The van der Waals surface area contributed by atoms with Gasteiger partial charge in [0.1, 0.15) is 0 Å². The second-order valence-electron chi connectivity index (χ2n) is 7.36. The molecule has 0 aromatic heterocycles. The first-order valence-corrected chi connectivity index (χ1v) is 10.2. The van der Waals surface area contributed by atoms with Crippen molar-refractivity contribution in [1.29, 1.82) is 0 Å². The SMILES string of the molecule is CCCOC(=O)C1=C(C)NC2=C(C(=O)CCC2)[C@H]1c1cc(OC)c(OC)c(OC)c1. The van der Waals surface area contributed by atoms with E-state index < -0.39 is 11.9 Å². The Balaban J connectivity index is 2.22. The molecule has 0 radical (unpaired) electrons. The van der Waals surface area contributed by atoms with E-state index in [1.165, 1.54) is 21.3 Å². The predicted octanol–water partition coefficient (Wildman–Crippen LogP) is 3.63. The normalized spacial score (nSPS) is 18.6. The van der Waals surface area contributed by atoms with Crippen LogP contribution in [0.2, 0.25) is 0 Å². The first-order valence-electron chi connectivity index (χ1n) is 10.2. The molecule has 1 N–H and O–H groups in total. The Kier molecular flexibility index (Phi) is 6.70. The van der Waals surface area contributed by atoms with Gasteiger partial charge in [-0.05, 0) is 43.9 Å². The lowest BCUT2D eigenvalue weighted by Gasteiger charge is -2.34. The molecule has 0 fully saturated rings. The third-order valence-electron chi connectivity index (χ3n) is 5.45. The number of carbonyl (C=O) groups excluding carboxylic acids is 2. The van der Waals surface area contributed by atoms with Crippen molar-refractivity contribution in [2.45, 2.75) is 45.4 Å². The van der Waals surface area contributed by atoms with Crippen LogP contribution in [0.4, 0.5) is 0 Å². The summed E-state index contributed by atoms with van der Waals surface area (Å²) in [7, 11) is 4.61. The highest BCUT2D eigenvalue weighted by molar-refractivity contribution is 6.03. The quantitative estimate of drug-likeness (QED) is 0.681. The van der Waals surface area contributed by atoms with Crippen LogP contribution in [-0.2, 0) is 14.3 Å². The molecule has 1 atom stereocenters. The van der Waals surface area contributed by atoms with E-state index in [0.29, 0.717) is 53.5 Å². The number of allylic oxidation sites excluding steroid dienone is 3. The standard InChI is InChI=1S/C23H29NO6/c1-6-10-30-23(26)19-13(2)24-15-8-7-9-16(25)21(15)20(19)14-11-17(27-3)22(29-5)18(12-14)28-4/h11-12,20,24H,6-10H2,1-5H3/t20-/m0/s1. The number of nitrogens with one attached hydrogen (secondary N) is 1. The van der Waals surface area contributed by atoms with Crippen molar-refractivity contribution in [2.75, 3.05) is 27.9 Å². The lowest BCUT2D eigenvalue weighted by Crippen LogP contribution is -2.34. The summed E-state index contributed by atoms with van der Waals surface area (Å²) in [5.41, 5.74) is 3.34. The van der Waals surface area contributed by atoms with Crippen LogP contribution in [0.1, 0.15) is 51.0 Å². The molecule has 7 heteroatoms. The fraction of sp³-hybridized carbons (Fsp3) is 0.478. The van der Waals surface area contributed by atoms with E-state index in [1.807, 2.05) is 13.8 Å². The van der Waals surface area contributed by atoms with Crippen LogP contribution in [0.25, 0.3) is 0 Å². The van der Waals surface area contributed by atoms with E-state index in [2.05, 4.69) is 5.32 Å². The van der Waals surface area contributed by atoms with Crippen molar-refractivity contribution in [3.63, 3.8) is 0 Å². The molecule has 0 bridgehead atoms. The molecular formula is C23H29NO6. The molecular weight excluding hydrogens is 386 g/mol. The molecule has 1 aromatic carbocycles. The molecule has 1 heterocycles. The van der Waals surface area contributed by atoms with Gasteiger partial charge in [-0.15, -0.1) is 0 Å². The van der Waals surface area contributed by atoms with Gasteiger partial charge < -0.3 is 24.3 Å². The van der Waals surface area contributed by atoms with Crippen LogP contribution in [0.15, 0.2) is 34.7 Å². The van der Waals surface area contributed by atoms with E-state index in [4.69, 9.17) is 18.9 Å². The summed E-state index contributed by atoms with van der Waals surface area (Å²) in [6, 6.07) is 3.59. The number of dihydropyridines is 1. The lowest BCUT2D eigenvalue weighted by molar-refractivity contribution is -0.139. The fourth-order valence-electron chi connectivity index (χ4n) is 4.13. The van der Waals surface area contributed by atoms with Crippen LogP contribution in [0.3, 0.4) is 0 Å². The maximum atomic E-state index is 13.0. The molecule has 2 aliphatic rings. The number of hydrogen-bond acceptors (Lipinski definition) is 7. The Morgan fingerprint density at radius 2 is 1.77 bits per heavy atom. The Morgan fingerprint density at radius 3 is 2.33 bits per heavy atom.